The maximum Gasteiger partial charge on any atom is 0.267 e. The summed E-state index contributed by atoms with van der Waals surface area (Å²) in [5.41, 5.74) is 0.598. The number of rotatable bonds is 7. The van der Waals surface area contributed by atoms with Crippen molar-refractivity contribution in [2.24, 2.45) is 0 Å². The van der Waals surface area contributed by atoms with E-state index in [4.69, 9.17) is 0 Å². The van der Waals surface area contributed by atoms with Gasteiger partial charge < -0.3 is 15.2 Å². The summed E-state index contributed by atoms with van der Waals surface area (Å²) in [7, 11) is 2.12. The molecule has 0 aromatic carbocycles. The van der Waals surface area contributed by atoms with Gasteiger partial charge in [0, 0.05) is 23.3 Å². The molecule has 18 heavy (non-hydrogen) atoms. The van der Waals surface area contributed by atoms with Gasteiger partial charge in [-0.25, -0.2) is 0 Å². The Morgan fingerprint density at radius 3 is 2.78 bits per heavy atom. The second kappa shape index (κ2) is 7.59. The summed E-state index contributed by atoms with van der Waals surface area (Å²) in [5, 5.41) is 2.91. The zero-order valence-electron chi connectivity index (χ0n) is 11.3. The lowest BCUT2D eigenvalue weighted by Crippen LogP contribution is -2.29. The van der Waals surface area contributed by atoms with Crippen LogP contribution >= 0.6 is 15.9 Å². The third-order valence-electron chi connectivity index (χ3n) is 3.00. The number of halogens is 1. The van der Waals surface area contributed by atoms with Crippen molar-refractivity contribution in [1.29, 1.82) is 0 Å². The van der Waals surface area contributed by atoms with E-state index in [1.165, 1.54) is 0 Å². The first kappa shape index (κ1) is 15.2. The Balaban J connectivity index is 2.13. The van der Waals surface area contributed by atoms with Crippen LogP contribution in [-0.4, -0.2) is 42.0 Å². The van der Waals surface area contributed by atoms with Gasteiger partial charge in [-0.15, -0.1) is 0 Å². The predicted octanol–water partition coefficient (Wildman–Crippen LogP) is 2.63. The number of aromatic nitrogens is 1. The molecule has 0 fully saturated rings. The van der Waals surface area contributed by atoms with Crippen LogP contribution in [-0.2, 0) is 0 Å². The van der Waals surface area contributed by atoms with Crippen LogP contribution in [0.2, 0.25) is 0 Å². The summed E-state index contributed by atoms with van der Waals surface area (Å²) in [6, 6.07) is 2.36. The van der Waals surface area contributed by atoms with E-state index < -0.39 is 0 Å². The quantitative estimate of drug-likeness (QED) is 0.760. The van der Waals surface area contributed by atoms with Crippen molar-refractivity contribution < 1.29 is 4.79 Å². The molecular formula is C13H22BrN3O. The maximum atomic E-state index is 11.7. The molecule has 1 aromatic rings. The molecule has 2 N–H and O–H groups in total. The van der Waals surface area contributed by atoms with E-state index >= 15 is 0 Å². The molecule has 0 aliphatic heterocycles. The number of aromatic amines is 1. The van der Waals surface area contributed by atoms with Crippen LogP contribution in [0.25, 0.3) is 0 Å². The molecule has 1 amide bonds. The lowest BCUT2D eigenvalue weighted by atomic mass is 10.2. The molecule has 0 saturated carbocycles. The van der Waals surface area contributed by atoms with Crippen molar-refractivity contribution in [3.8, 4) is 0 Å². The van der Waals surface area contributed by atoms with Crippen molar-refractivity contribution in [3.05, 3.63) is 22.4 Å². The molecule has 0 bridgehead atoms. The Morgan fingerprint density at radius 1 is 1.50 bits per heavy atom. The van der Waals surface area contributed by atoms with Crippen molar-refractivity contribution in [2.75, 3.05) is 20.1 Å². The van der Waals surface area contributed by atoms with Gasteiger partial charge >= 0.3 is 0 Å². The zero-order chi connectivity index (χ0) is 13.5. The summed E-state index contributed by atoms with van der Waals surface area (Å²) in [5.74, 6) is -0.0436. The molecule has 1 aromatic heterocycles. The molecule has 4 nitrogen and oxygen atoms in total. The van der Waals surface area contributed by atoms with Gasteiger partial charge in [-0.3, -0.25) is 4.79 Å². The molecule has 0 saturated heterocycles. The fourth-order valence-corrected chi connectivity index (χ4v) is 1.88. The summed E-state index contributed by atoms with van der Waals surface area (Å²) >= 11 is 3.31. The van der Waals surface area contributed by atoms with Gasteiger partial charge in [0.25, 0.3) is 5.91 Å². The first-order chi connectivity index (χ1) is 8.50. The van der Waals surface area contributed by atoms with Gasteiger partial charge in [-0.1, -0.05) is 0 Å². The largest absolute Gasteiger partial charge is 0.356 e. The van der Waals surface area contributed by atoms with Crippen molar-refractivity contribution >= 4 is 21.8 Å². The molecule has 0 atom stereocenters. The topological polar surface area (TPSA) is 48.1 Å². The van der Waals surface area contributed by atoms with E-state index in [1.807, 2.05) is 0 Å². The minimum absolute atomic E-state index is 0.0436. The average molecular weight is 316 g/mol. The van der Waals surface area contributed by atoms with E-state index in [2.05, 4.69) is 52.0 Å². The summed E-state index contributed by atoms with van der Waals surface area (Å²) in [6.07, 6.45) is 3.86. The van der Waals surface area contributed by atoms with Crippen LogP contribution in [0.5, 0.6) is 0 Å². The Bertz CT molecular complexity index is 376. The fourth-order valence-electron chi connectivity index (χ4n) is 1.54. The Hall–Kier alpha value is -0.810. The molecule has 0 unspecified atom stereocenters. The van der Waals surface area contributed by atoms with Crippen molar-refractivity contribution in [3.63, 3.8) is 0 Å². The molecule has 0 aliphatic carbocycles. The monoisotopic (exact) mass is 315 g/mol. The number of nitrogens with one attached hydrogen (secondary N) is 2. The van der Waals surface area contributed by atoms with Gasteiger partial charge in [0.2, 0.25) is 0 Å². The number of amides is 1. The summed E-state index contributed by atoms with van der Waals surface area (Å²) in [6.45, 7) is 6.17. The highest BCUT2D eigenvalue weighted by molar-refractivity contribution is 9.10. The molecule has 0 radical (unpaired) electrons. The Labute approximate surface area is 117 Å². The van der Waals surface area contributed by atoms with Gasteiger partial charge in [-0.2, -0.15) is 0 Å². The highest BCUT2D eigenvalue weighted by atomic mass is 79.9. The van der Waals surface area contributed by atoms with Crippen molar-refractivity contribution in [1.82, 2.24) is 15.2 Å². The first-order valence-corrected chi connectivity index (χ1v) is 7.12. The molecular weight excluding hydrogens is 294 g/mol. The van der Waals surface area contributed by atoms with Crippen LogP contribution in [0.3, 0.4) is 0 Å². The SMILES string of the molecule is CC(C)N(C)CCCCNC(=O)c1cc(Br)c[nH]1. The van der Waals surface area contributed by atoms with Crippen LogP contribution in [0.1, 0.15) is 37.2 Å². The highest BCUT2D eigenvalue weighted by Gasteiger charge is 2.07. The zero-order valence-corrected chi connectivity index (χ0v) is 12.9. The predicted molar refractivity (Wildman–Crippen MR) is 77.8 cm³/mol. The molecule has 102 valence electrons. The number of hydrogen-bond donors (Lipinski definition) is 2. The van der Waals surface area contributed by atoms with Gasteiger partial charge in [0.05, 0.1) is 0 Å². The summed E-state index contributed by atoms with van der Waals surface area (Å²) in [4.78, 5) is 16.9. The second-order valence-corrected chi connectivity index (χ2v) is 5.68. The third-order valence-corrected chi connectivity index (χ3v) is 3.45. The van der Waals surface area contributed by atoms with E-state index in [0.717, 1.165) is 30.4 Å². The van der Waals surface area contributed by atoms with Crippen LogP contribution in [0.15, 0.2) is 16.7 Å². The third kappa shape index (κ3) is 5.23. The van der Waals surface area contributed by atoms with Crippen LogP contribution < -0.4 is 5.32 Å². The Morgan fingerprint density at radius 2 is 2.22 bits per heavy atom. The highest BCUT2D eigenvalue weighted by Crippen LogP contribution is 2.10. The van der Waals surface area contributed by atoms with Crippen molar-refractivity contribution in [2.45, 2.75) is 32.7 Å². The normalized spacial score (nSPS) is 11.2. The van der Waals surface area contributed by atoms with Gasteiger partial charge in [-0.05, 0) is 62.3 Å². The number of H-pyrrole nitrogens is 1. The molecule has 0 spiro atoms. The smallest absolute Gasteiger partial charge is 0.267 e. The van der Waals surface area contributed by atoms with E-state index in [1.54, 1.807) is 12.3 Å². The van der Waals surface area contributed by atoms with Crippen LogP contribution in [0.4, 0.5) is 0 Å². The lowest BCUT2D eigenvalue weighted by molar-refractivity contribution is 0.0948. The van der Waals surface area contributed by atoms with E-state index in [9.17, 15) is 4.79 Å². The number of carbonyl (C=O) groups is 1. The summed E-state index contributed by atoms with van der Waals surface area (Å²) < 4.78 is 0.895. The average Bonchev–Trinajstić information content (AvgIpc) is 2.74. The van der Waals surface area contributed by atoms with E-state index in [-0.39, 0.29) is 5.91 Å². The Kier molecular flexibility index (Phi) is 6.43. The van der Waals surface area contributed by atoms with Gasteiger partial charge in [0.15, 0.2) is 0 Å². The number of nitrogens with zero attached hydrogens (tertiary/aromatic N) is 1. The second-order valence-electron chi connectivity index (χ2n) is 4.77. The number of unbranched alkanes of at least 4 members (excludes halogenated alkanes) is 1. The van der Waals surface area contributed by atoms with E-state index in [0.29, 0.717) is 11.7 Å². The fraction of sp³-hybridized carbons (Fsp3) is 0.615. The number of hydrogen-bond acceptors (Lipinski definition) is 2. The molecule has 5 heteroatoms. The standard InChI is InChI=1S/C13H22BrN3O/c1-10(2)17(3)7-5-4-6-15-13(18)12-8-11(14)9-16-12/h8-10,16H,4-7H2,1-3H3,(H,15,18). The number of carbonyl (C=O) groups excluding carboxylic acids is 1. The van der Waals surface area contributed by atoms with Gasteiger partial charge in [0.1, 0.15) is 5.69 Å². The lowest BCUT2D eigenvalue weighted by Gasteiger charge is -2.20. The van der Waals surface area contributed by atoms with Crippen LogP contribution in [0, 0.1) is 0 Å². The maximum absolute atomic E-state index is 11.7. The first-order valence-electron chi connectivity index (χ1n) is 6.33. The minimum atomic E-state index is -0.0436. The molecule has 1 rings (SSSR count). The minimum Gasteiger partial charge on any atom is -0.356 e. The molecule has 1 heterocycles. The molecule has 0 aliphatic rings.